The summed E-state index contributed by atoms with van der Waals surface area (Å²) in [6.07, 6.45) is 7.51. The average Bonchev–Trinajstić information content (AvgIpc) is 2.62. The quantitative estimate of drug-likeness (QED) is 0.782. The van der Waals surface area contributed by atoms with E-state index in [4.69, 9.17) is 4.74 Å². The first-order valence-electron chi connectivity index (χ1n) is 9.61. The predicted molar refractivity (Wildman–Crippen MR) is 100 cm³/mol. The van der Waals surface area contributed by atoms with Crippen molar-refractivity contribution in [3.63, 3.8) is 0 Å². The summed E-state index contributed by atoms with van der Waals surface area (Å²) < 4.78 is 31.9. The summed E-state index contributed by atoms with van der Waals surface area (Å²) in [5.41, 5.74) is 0.721. The highest BCUT2D eigenvalue weighted by Crippen LogP contribution is 2.29. The Hall–Kier alpha value is -2.21. The molecule has 0 bridgehead atoms. The maximum absolute atomic E-state index is 12.7. The SMILES string of the molecule is O=c1cc(-c2ccc(OC3CCN(C4CCC4)CC3)cc2)ccn1C(F)F. The maximum atomic E-state index is 12.7. The molecule has 1 aliphatic heterocycles. The molecule has 6 heteroatoms. The maximum Gasteiger partial charge on any atom is 0.321 e. The highest BCUT2D eigenvalue weighted by atomic mass is 19.3. The number of hydrogen-bond acceptors (Lipinski definition) is 3. The molecule has 144 valence electrons. The van der Waals surface area contributed by atoms with E-state index in [0.717, 1.165) is 49.5 Å². The molecule has 2 aliphatic rings. The zero-order valence-electron chi connectivity index (χ0n) is 15.2. The molecule has 1 aromatic heterocycles. The van der Waals surface area contributed by atoms with Gasteiger partial charge in [-0.05, 0) is 55.0 Å². The lowest BCUT2D eigenvalue weighted by Crippen LogP contribution is -2.46. The number of rotatable bonds is 5. The van der Waals surface area contributed by atoms with E-state index in [2.05, 4.69) is 4.90 Å². The third kappa shape index (κ3) is 4.05. The van der Waals surface area contributed by atoms with Crippen LogP contribution in [0, 0.1) is 0 Å². The second kappa shape index (κ2) is 7.80. The van der Waals surface area contributed by atoms with Crippen LogP contribution in [0.1, 0.15) is 38.7 Å². The molecular formula is C21H24F2N2O2. The van der Waals surface area contributed by atoms with Gasteiger partial charge in [0.05, 0.1) is 0 Å². The van der Waals surface area contributed by atoms with Crippen molar-refractivity contribution in [1.82, 2.24) is 9.47 Å². The van der Waals surface area contributed by atoms with Gasteiger partial charge in [-0.3, -0.25) is 9.36 Å². The van der Waals surface area contributed by atoms with Crippen molar-refractivity contribution in [2.24, 2.45) is 0 Å². The Kier molecular flexibility index (Phi) is 5.25. The van der Waals surface area contributed by atoms with Gasteiger partial charge >= 0.3 is 6.55 Å². The molecule has 0 atom stereocenters. The van der Waals surface area contributed by atoms with E-state index in [0.29, 0.717) is 10.1 Å². The average molecular weight is 374 g/mol. The largest absolute Gasteiger partial charge is 0.490 e. The molecule has 4 rings (SSSR count). The molecule has 2 aromatic rings. The number of aromatic nitrogens is 1. The Morgan fingerprint density at radius 2 is 1.67 bits per heavy atom. The van der Waals surface area contributed by atoms with Crippen LogP contribution in [0.5, 0.6) is 5.75 Å². The fraction of sp³-hybridized carbons (Fsp3) is 0.476. The normalized spacial score (nSPS) is 19.2. The van der Waals surface area contributed by atoms with Crippen molar-refractivity contribution in [3.8, 4) is 16.9 Å². The van der Waals surface area contributed by atoms with E-state index >= 15 is 0 Å². The number of nitrogens with zero attached hydrogens (tertiary/aromatic N) is 2. The van der Waals surface area contributed by atoms with Crippen LogP contribution in [0.3, 0.4) is 0 Å². The van der Waals surface area contributed by atoms with Crippen LogP contribution in [0.4, 0.5) is 8.78 Å². The fourth-order valence-corrected chi connectivity index (χ4v) is 3.86. The minimum Gasteiger partial charge on any atom is -0.490 e. The van der Waals surface area contributed by atoms with Gasteiger partial charge in [-0.2, -0.15) is 8.78 Å². The Balaban J connectivity index is 1.36. The van der Waals surface area contributed by atoms with Crippen LogP contribution in [0.15, 0.2) is 47.4 Å². The number of pyridine rings is 1. The summed E-state index contributed by atoms with van der Waals surface area (Å²) in [6.45, 7) is -0.611. The van der Waals surface area contributed by atoms with Gasteiger partial charge in [-0.15, -0.1) is 0 Å². The zero-order chi connectivity index (χ0) is 18.8. The molecule has 1 aromatic carbocycles. The number of ether oxygens (including phenoxy) is 1. The summed E-state index contributed by atoms with van der Waals surface area (Å²) >= 11 is 0. The zero-order valence-corrected chi connectivity index (χ0v) is 15.2. The van der Waals surface area contributed by atoms with Gasteiger partial charge in [0.15, 0.2) is 0 Å². The van der Waals surface area contributed by atoms with Crippen LogP contribution in [-0.2, 0) is 0 Å². The smallest absolute Gasteiger partial charge is 0.321 e. The third-order valence-corrected chi connectivity index (χ3v) is 5.72. The molecular weight excluding hydrogens is 350 g/mol. The van der Waals surface area contributed by atoms with Gasteiger partial charge < -0.3 is 9.64 Å². The lowest BCUT2D eigenvalue weighted by molar-refractivity contribution is 0.0493. The summed E-state index contributed by atoms with van der Waals surface area (Å²) in [5, 5.41) is 0. The molecule has 0 N–H and O–H groups in total. The highest BCUT2D eigenvalue weighted by molar-refractivity contribution is 5.63. The van der Waals surface area contributed by atoms with Gasteiger partial charge in [-0.1, -0.05) is 18.6 Å². The fourth-order valence-electron chi connectivity index (χ4n) is 3.86. The van der Waals surface area contributed by atoms with E-state index in [9.17, 15) is 13.6 Å². The first kappa shape index (κ1) is 18.2. The molecule has 2 heterocycles. The number of hydrogen-bond donors (Lipinski definition) is 0. The van der Waals surface area contributed by atoms with Crippen molar-refractivity contribution in [3.05, 3.63) is 52.9 Å². The number of halogens is 2. The van der Waals surface area contributed by atoms with Crippen LogP contribution >= 0.6 is 0 Å². The summed E-state index contributed by atoms with van der Waals surface area (Å²) in [4.78, 5) is 14.3. The van der Waals surface area contributed by atoms with Crippen molar-refractivity contribution < 1.29 is 13.5 Å². The molecule has 0 amide bonds. The predicted octanol–water partition coefficient (Wildman–Crippen LogP) is 4.31. The molecule has 0 unspecified atom stereocenters. The van der Waals surface area contributed by atoms with Crippen LogP contribution in [0.25, 0.3) is 11.1 Å². The highest BCUT2D eigenvalue weighted by Gasteiger charge is 2.29. The number of piperidine rings is 1. The van der Waals surface area contributed by atoms with Gasteiger partial charge in [0, 0.05) is 31.4 Å². The van der Waals surface area contributed by atoms with Crippen LogP contribution in [-0.4, -0.2) is 34.7 Å². The number of likely N-dealkylation sites (tertiary alicyclic amines) is 1. The molecule has 27 heavy (non-hydrogen) atoms. The number of benzene rings is 1. The molecule has 2 fully saturated rings. The number of alkyl halides is 2. The Morgan fingerprint density at radius 1 is 0.963 bits per heavy atom. The molecule has 0 spiro atoms. The Bertz CT molecular complexity index is 823. The third-order valence-electron chi connectivity index (χ3n) is 5.72. The molecule has 4 nitrogen and oxygen atoms in total. The minimum absolute atomic E-state index is 0.238. The first-order valence-corrected chi connectivity index (χ1v) is 9.61. The lowest BCUT2D eigenvalue weighted by Gasteiger charge is -2.41. The molecule has 1 aliphatic carbocycles. The van der Waals surface area contributed by atoms with Crippen molar-refractivity contribution >= 4 is 0 Å². The van der Waals surface area contributed by atoms with Crippen molar-refractivity contribution in [2.75, 3.05) is 13.1 Å². The second-order valence-electron chi connectivity index (χ2n) is 7.40. The van der Waals surface area contributed by atoms with Gasteiger partial charge in [-0.25, -0.2) is 0 Å². The second-order valence-corrected chi connectivity index (χ2v) is 7.40. The van der Waals surface area contributed by atoms with Gasteiger partial charge in [0.2, 0.25) is 0 Å². The van der Waals surface area contributed by atoms with E-state index < -0.39 is 12.1 Å². The monoisotopic (exact) mass is 374 g/mol. The molecule has 1 saturated heterocycles. The molecule has 1 saturated carbocycles. The van der Waals surface area contributed by atoms with Crippen molar-refractivity contribution in [2.45, 2.75) is 50.8 Å². The Labute approximate surface area is 157 Å². The summed E-state index contributed by atoms with van der Waals surface area (Å²) in [6, 6.07) is 11.0. The van der Waals surface area contributed by atoms with Gasteiger partial charge in [0.1, 0.15) is 11.9 Å². The van der Waals surface area contributed by atoms with Gasteiger partial charge in [0.25, 0.3) is 5.56 Å². The lowest BCUT2D eigenvalue weighted by atomic mass is 9.90. The van der Waals surface area contributed by atoms with E-state index in [1.807, 2.05) is 24.3 Å². The van der Waals surface area contributed by atoms with E-state index in [-0.39, 0.29) is 6.10 Å². The molecule has 0 radical (unpaired) electrons. The first-order chi connectivity index (χ1) is 13.1. The van der Waals surface area contributed by atoms with Crippen LogP contribution < -0.4 is 10.3 Å². The van der Waals surface area contributed by atoms with E-state index in [1.54, 1.807) is 0 Å². The Morgan fingerprint density at radius 3 is 2.22 bits per heavy atom. The minimum atomic E-state index is -2.82. The van der Waals surface area contributed by atoms with E-state index in [1.165, 1.54) is 31.4 Å². The standard InChI is InChI=1S/C21H24F2N2O2/c22-21(23)25-13-8-16(14-20(25)26)15-4-6-18(7-5-15)27-19-9-11-24(12-10-19)17-2-1-3-17/h4-8,13-14,17,19,21H,1-3,9-12H2. The summed E-state index contributed by atoms with van der Waals surface area (Å²) in [5.74, 6) is 0.807. The summed E-state index contributed by atoms with van der Waals surface area (Å²) in [7, 11) is 0. The van der Waals surface area contributed by atoms with Crippen molar-refractivity contribution in [1.29, 1.82) is 0 Å². The topological polar surface area (TPSA) is 34.5 Å². The van der Waals surface area contributed by atoms with Crippen LogP contribution in [0.2, 0.25) is 0 Å².